The van der Waals surface area contributed by atoms with Crippen LogP contribution in [0.15, 0.2) is 6.20 Å². The van der Waals surface area contributed by atoms with Gasteiger partial charge in [0.2, 0.25) is 5.95 Å². The summed E-state index contributed by atoms with van der Waals surface area (Å²) in [4.78, 5) is 10.5. The topological polar surface area (TPSA) is 98.9 Å². The minimum absolute atomic E-state index is 0.203. The number of hydrogen-bond donors (Lipinski definition) is 2. The Labute approximate surface area is 105 Å². The van der Waals surface area contributed by atoms with Gasteiger partial charge in [0.05, 0.1) is 17.6 Å². The molecule has 4 N–H and O–H groups in total. The summed E-state index contributed by atoms with van der Waals surface area (Å²) in [5.41, 5.74) is 12.2. The fourth-order valence-electron chi connectivity index (χ4n) is 2.47. The normalized spacial score (nSPS) is 18.5. The minimum Gasteiger partial charge on any atom is -0.383 e. The summed E-state index contributed by atoms with van der Waals surface area (Å²) >= 11 is 0. The van der Waals surface area contributed by atoms with Gasteiger partial charge >= 0.3 is 0 Å². The maximum absolute atomic E-state index is 5.83. The maximum atomic E-state index is 5.83. The highest BCUT2D eigenvalue weighted by Gasteiger charge is 2.21. The van der Waals surface area contributed by atoms with Gasteiger partial charge in [-0.1, -0.05) is 0 Å². The van der Waals surface area contributed by atoms with Crippen LogP contribution in [0, 0.1) is 0 Å². The third kappa shape index (κ3) is 1.76. The van der Waals surface area contributed by atoms with E-state index in [1.807, 2.05) is 4.68 Å². The van der Waals surface area contributed by atoms with Crippen LogP contribution in [0.2, 0.25) is 0 Å². The van der Waals surface area contributed by atoms with Crippen LogP contribution in [0.3, 0.4) is 0 Å². The second kappa shape index (κ2) is 4.09. The van der Waals surface area contributed by atoms with Crippen molar-refractivity contribution in [3.8, 4) is 0 Å². The Balaban J connectivity index is 2.02. The van der Waals surface area contributed by atoms with E-state index in [-0.39, 0.29) is 5.95 Å². The van der Waals surface area contributed by atoms with Gasteiger partial charge < -0.3 is 16.4 Å². The van der Waals surface area contributed by atoms with Crippen LogP contribution in [0.4, 0.5) is 11.8 Å². The maximum Gasteiger partial charge on any atom is 0.224 e. The van der Waals surface area contributed by atoms with Crippen LogP contribution in [0.1, 0.15) is 18.9 Å². The molecule has 0 bridgehead atoms. The molecule has 0 aromatic carbocycles. The van der Waals surface area contributed by atoms with Crippen molar-refractivity contribution in [2.24, 2.45) is 0 Å². The molecule has 18 heavy (non-hydrogen) atoms. The first-order valence-electron chi connectivity index (χ1n) is 6.10. The predicted octanol–water partition coefficient (Wildman–Crippen LogP) is 0.257. The monoisotopic (exact) mass is 247 g/mol. The van der Waals surface area contributed by atoms with E-state index in [1.165, 1.54) is 0 Å². The highest BCUT2D eigenvalue weighted by Crippen LogP contribution is 2.26. The number of nitrogens with zero attached hydrogens (tertiary/aromatic N) is 5. The lowest BCUT2D eigenvalue weighted by Gasteiger charge is -2.29. The molecule has 2 aromatic rings. The second-order valence-electron chi connectivity index (χ2n) is 4.83. The molecule has 3 rings (SSSR count). The van der Waals surface area contributed by atoms with Crippen LogP contribution in [0.5, 0.6) is 0 Å². The SMILES string of the molecule is CN1CCC(n2ncc3c(N)nc(N)nc32)CC1. The number of likely N-dealkylation sites (tertiary alicyclic amines) is 1. The Bertz CT molecular complexity index is 568. The minimum atomic E-state index is 0.203. The molecule has 2 aromatic heterocycles. The van der Waals surface area contributed by atoms with E-state index in [2.05, 4.69) is 27.0 Å². The Hall–Kier alpha value is -1.89. The van der Waals surface area contributed by atoms with Crippen molar-refractivity contribution in [2.75, 3.05) is 31.6 Å². The molecule has 96 valence electrons. The summed E-state index contributed by atoms with van der Waals surface area (Å²) in [6, 6.07) is 0.368. The molecule has 0 atom stereocenters. The molecule has 0 saturated carbocycles. The van der Waals surface area contributed by atoms with Gasteiger partial charge in [0.25, 0.3) is 0 Å². The zero-order chi connectivity index (χ0) is 12.7. The van der Waals surface area contributed by atoms with Gasteiger partial charge in [0.15, 0.2) is 5.65 Å². The lowest BCUT2D eigenvalue weighted by atomic mass is 10.1. The third-order valence-corrected chi connectivity index (χ3v) is 3.53. The first-order valence-corrected chi connectivity index (χ1v) is 6.10. The lowest BCUT2D eigenvalue weighted by Crippen LogP contribution is -2.31. The standard InChI is InChI=1S/C11H17N7/c1-17-4-2-7(3-5-17)18-10-8(6-14-18)9(12)15-11(13)16-10/h6-7H,2-5H2,1H3,(H4,12,13,15,16). The average Bonchev–Trinajstić information content (AvgIpc) is 2.74. The largest absolute Gasteiger partial charge is 0.383 e. The zero-order valence-corrected chi connectivity index (χ0v) is 10.4. The molecule has 0 aliphatic carbocycles. The van der Waals surface area contributed by atoms with Gasteiger partial charge in [-0.3, -0.25) is 0 Å². The quantitative estimate of drug-likeness (QED) is 0.749. The van der Waals surface area contributed by atoms with Gasteiger partial charge in [0.1, 0.15) is 5.82 Å². The summed E-state index contributed by atoms with van der Waals surface area (Å²) < 4.78 is 1.94. The lowest BCUT2D eigenvalue weighted by molar-refractivity contribution is 0.215. The molecule has 7 nitrogen and oxygen atoms in total. The average molecular weight is 247 g/mol. The number of nitrogens with two attached hydrogens (primary N) is 2. The highest BCUT2D eigenvalue weighted by atomic mass is 15.3. The summed E-state index contributed by atoms with van der Waals surface area (Å²) in [6.07, 6.45) is 3.86. The Morgan fingerprint density at radius 2 is 1.94 bits per heavy atom. The van der Waals surface area contributed by atoms with Gasteiger partial charge in [-0.05, 0) is 33.0 Å². The van der Waals surface area contributed by atoms with Gasteiger partial charge in [0, 0.05) is 0 Å². The molecule has 0 spiro atoms. The summed E-state index contributed by atoms with van der Waals surface area (Å²) in [6.45, 7) is 2.14. The van der Waals surface area contributed by atoms with Gasteiger partial charge in [-0.25, -0.2) is 4.68 Å². The Morgan fingerprint density at radius 1 is 1.22 bits per heavy atom. The summed E-state index contributed by atoms with van der Waals surface area (Å²) in [7, 11) is 2.13. The van der Waals surface area contributed by atoms with E-state index in [0.717, 1.165) is 37.0 Å². The van der Waals surface area contributed by atoms with Crippen LogP contribution >= 0.6 is 0 Å². The predicted molar refractivity (Wildman–Crippen MR) is 69.9 cm³/mol. The first kappa shape index (κ1) is 11.2. The molecule has 1 saturated heterocycles. The second-order valence-corrected chi connectivity index (χ2v) is 4.83. The molecule has 3 heterocycles. The zero-order valence-electron chi connectivity index (χ0n) is 10.4. The van der Waals surface area contributed by atoms with E-state index in [0.29, 0.717) is 11.9 Å². The number of aromatic nitrogens is 4. The van der Waals surface area contributed by atoms with Crippen molar-refractivity contribution in [3.05, 3.63) is 6.20 Å². The summed E-state index contributed by atoms with van der Waals surface area (Å²) in [5.74, 6) is 0.603. The summed E-state index contributed by atoms with van der Waals surface area (Å²) in [5, 5.41) is 5.19. The fourth-order valence-corrected chi connectivity index (χ4v) is 2.47. The Morgan fingerprint density at radius 3 is 2.67 bits per heavy atom. The van der Waals surface area contributed by atoms with Crippen molar-refractivity contribution in [2.45, 2.75) is 18.9 Å². The van der Waals surface area contributed by atoms with Crippen molar-refractivity contribution in [3.63, 3.8) is 0 Å². The smallest absolute Gasteiger partial charge is 0.224 e. The van der Waals surface area contributed by atoms with Crippen LogP contribution in [-0.4, -0.2) is 44.8 Å². The van der Waals surface area contributed by atoms with E-state index in [9.17, 15) is 0 Å². The van der Waals surface area contributed by atoms with Crippen molar-refractivity contribution >= 4 is 22.8 Å². The molecule has 1 fully saturated rings. The molecule has 7 heteroatoms. The number of nitrogen functional groups attached to an aromatic ring is 2. The van der Waals surface area contributed by atoms with Crippen LogP contribution in [0.25, 0.3) is 11.0 Å². The molecular weight excluding hydrogens is 230 g/mol. The van der Waals surface area contributed by atoms with Crippen LogP contribution in [-0.2, 0) is 0 Å². The van der Waals surface area contributed by atoms with E-state index < -0.39 is 0 Å². The van der Waals surface area contributed by atoms with Crippen molar-refractivity contribution < 1.29 is 0 Å². The fraction of sp³-hybridized carbons (Fsp3) is 0.545. The number of piperidine rings is 1. The molecule has 0 radical (unpaired) electrons. The number of anilines is 2. The number of hydrogen-bond acceptors (Lipinski definition) is 6. The Kier molecular flexibility index (Phi) is 2.55. The van der Waals surface area contributed by atoms with Gasteiger partial charge in [-0.15, -0.1) is 0 Å². The molecule has 1 aliphatic heterocycles. The van der Waals surface area contributed by atoms with Crippen LogP contribution < -0.4 is 11.5 Å². The molecule has 0 amide bonds. The molecular formula is C11H17N7. The highest BCUT2D eigenvalue weighted by molar-refractivity contribution is 5.86. The van der Waals surface area contributed by atoms with Crippen molar-refractivity contribution in [1.29, 1.82) is 0 Å². The molecule has 1 aliphatic rings. The van der Waals surface area contributed by atoms with Crippen molar-refractivity contribution in [1.82, 2.24) is 24.6 Å². The van der Waals surface area contributed by atoms with Gasteiger partial charge in [-0.2, -0.15) is 15.1 Å². The third-order valence-electron chi connectivity index (χ3n) is 3.53. The van der Waals surface area contributed by atoms with E-state index >= 15 is 0 Å². The van der Waals surface area contributed by atoms with E-state index in [1.54, 1.807) is 6.20 Å². The van der Waals surface area contributed by atoms with E-state index in [4.69, 9.17) is 11.5 Å². The number of fused-ring (bicyclic) bond motifs is 1. The molecule has 0 unspecified atom stereocenters. The first-order chi connectivity index (χ1) is 8.65. The number of rotatable bonds is 1.